The Morgan fingerprint density at radius 2 is 1.85 bits per heavy atom. The maximum absolute atomic E-state index is 5.27. The predicted octanol–water partition coefficient (Wildman–Crippen LogP) is 3.46. The molecule has 1 aliphatic rings. The molecule has 0 bridgehead atoms. The van der Waals surface area contributed by atoms with E-state index in [9.17, 15) is 0 Å². The third-order valence-corrected chi connectivity index (χ3v) is 4.10. The van der Waals surface area contributed by atoms with Gasteiger partial charge in [-0.2, -0.15) is 5.10 Å². The van der Waals surface area contributed by atoms with E-state index in [0.29, 0.717) is 16.9 Å². The highest BCUT2D eigenvalue weighted by Crippen LogP contribution is 2.25. The zero-order valence-electron chi connectivity index (χ0n) is 12.2. The van der Waals surface area contributed by atoms with Crippen LogP contribution in [0.2, 0.25) is 0 Å². The van der Waals surface area contributed by atoms with Crippen molar-refractivity contribution in [3.8, 4) is 0 Å². The summed E-state index contributed by atoms with van der Waals surface area (Å²) in [5.41, 5.74) is 5.45. The number of benzene rings is 1. The van der Waals surface area contributed by atoms with Crippen LogP contribution in [0, 0.1) is 11.8 Å². The minimum Gasteiger partial charge on any atom is -0.357 e. The molecule has 1 aromatic rings. The number of hydrazone groups is 1. The molecule has 0 heterocycles. The van der Waals surface area contributed by atoms with E-state index < -0.39 is 0 Å². The summed E-state index contributed by atoms with van der Waals surface area (Å²) in [6.45, 7) is 5.22. The molecular formula is C16H23N3S. The molecule has 108 valence electrons. The van der Waals surface area contributed by atoms with Crippen molar-refractivity contribution in [3.63, 3.8) is 0 Å². The third-order valence-electron chi connectivity index (χ3n) is 3.87. The van der Waals surface area contributed by atoms with Gasteiger partial charge in [-0.25, -0.2) is 0 Å². The molecule has 0 unspecified atom stereocenters. The molecule has 2 N–H and O–H groups in total. The summed E-state index contributed by atoms with van der Waals surface area (Å²) in [4.78, 5) is 0. The van der Waals surface area contributed by atoms with E-state index in [1.54, 1.807) is 0 Å². The van der Waals surface area contributed by atoms with E-state index >= 15 is 0 Å². The van der Waals surface area contributed by atoms with Gasteiger partial charge in [0, 0.05) is 12.3 Å². The van der Waals surface area contributed by atoms with Crippen LogP contribution in [0.1, 0.15) is 38.7 Å². The second-order valence-corrected chi connectivity index (χ2v) is 5.96. The largest absolute Gasteiger partial charge is 0.357 e. The predicted molar refractivity (Wildman–Crippen MR) is 88.6 cm³/mol. The highest BCUT2D eigenvalue weighted by molar-refractivity contribution is 7.80. The van der Waals surface area contributed by atoms with Crippen LogP contribution in [0.5, 0.6) is 0 Å². The summed E-state index contributed by atoms with van der Waals surface area (Å²) in [5.74, 6) is 1.12. The number of nitrogens with zero attached hydrogens (tertiary/aromatic N) is 1. The Morgan fingerprint density at radius 3 is 2.50 bits per heavy atom. The number of hydrogen-bond acceptors (Lipinski definition) is 2. The first-order valence-corrected chi connectivity index (χ1v) is 7.73. The van der Waals surface area contributed by atoms with E-state index in [1.165, 1.54) is 30.5 Å². The van der Waals surface area contributed by atoms with Gasteiger partial charge in [0.1, 0.15) is 0 Å². The van der Waals surface area contributed by atoms with Crippen molar-refractivity contribution in [1.29, 1.82) is 0 Å². The first kappa shape index (κ1) is 15.0. The smallest absolute Gasteiger partial charge is 0.187 e. The molecular weight excluding hydrogens is 266 g/mol. The molecule has 2 rings (SSSR count). The minimum absolute atomic E-state index is 0.558. The van der Waals surface area contributed by atoms with Crippen molar-refractivity contribution in [2.24, 2.45) is 16.9 Å². The first-order valence-electron chi connectivity index (χ1n) is 7.32. The maximum atomic E-state index is 5.27. The first-order chi connectivity index (χ1) is 9.66. The lowest BCUT2D eigenvalue weighted by Crippen LogP contribution is -2.34. The van der Waals surface area contributed by atoms with Gasteiger partial charge in [-0.15, -0.1) is 0 Å². The SMILES string of the molecule is C[C@H]1CCC[C@H](C)C1=NNC(=S)NCc1ccccc1. The Labute approximate surface area is 126 Å². The van der Waals surface area contributed by atoms with Crippen LogP contribution < -0.4 is 10.7 Å². The molecule has 0 aliphatic heterocycles. The van der Waals surface area contributed by atoms with Gasteiger partial charge in [-0.1, -0.05) is 50.6 Å². The molecule has 2 atom stereocenters. The topological polar surface area (TPSA) is 36.4 Å². The molecule has 1 aromatic carbocycles. The Kier molecular flexibility index (Phi) is 5.53. The zero-order chi connectivity index (χ0) is 14.4. The monoisotopic (exact) mass is 289 g/mol. The number of rotatable bonds is 3. The van der Waals surface area contributed by atoms with Crippen molar-refractivity contribution in [2.75, 3.05) is 0 Å². The van der Waals surface area contributed by atoms with Crippen molar-refractivity contribution in [2.45, 2.75) is 39.7 Å². The minimum atomic E-state index is 0.558. The van der Waals surface area contributed by atoms with Crippen LogP contribution in [-0.4, -0.2) is 10.8 Å². The van der Waals surface area contributed by atoms with E-state index in [2.05, 4.69) is 41.8 Å². The summed E-state index contributed by atoms with van der Waals surface area (Å²) in [7, 11) is 0. The van der Waals surface area contributed by atoms with Crippen molar-refractivity contribution >= 4 is 23.0 Å². The van der Waals surface area contributed by atoms with Crippen molar-refractivity contribution in [3.05, 3.63) is 35.9 Å². The Morgan fingerprint density at radius 1 is 1.20 bits per heavy atom. The van der Waals surface area contributed by atoms with Crippen LogP contribution in [0.15, 0.2) is 35.4 Å². The van der Waals surface area contributed by atoms with E-state index in [0.717, 1.165) is 6.54 Å². The zero-order valence-corrected chi connectivity index (χ0v) is 13.0. The normalized spacial score (nSPS) is 22.2. The molecule has 0 amide bonds. The van der Waals surface area contributed by atoms with Crippen LogP contribution in [0.4, 0.5) is 0 Å². The summed E-state index contributed by atoms with van der Waals surface area (Å²) in [6, 6.07) is 10.2. The van der Waals surface area contributed by atoms with Gasteiger partial charge < -0.3 is 5.32 Å². The highest BCUT2D eigenvalue weighted by atomic mass is 32.1. The van der Waals surface area contributed by atoms with Crippen LogP contribution in [0.25, 0.3) is 0 Å². The standard InChI is InChI=1S/C16H23N3S/c1-12-7-6-8-13(2)15(12)18-19-16(20)17-11-14-9-4-3-5-10-14/h3-5,9-10,12-13H,6-8,11H2,1-2H3,(H2,17,19,20)/t12-,13-/m0/s1. The molecule has 0 aromatic heterocycles. The molecule has 1 saturated carbocycles. The van der Waals surface area contributed by atoms with Gasteiger partial charge in [0.25, 0.3) is 0 Å². The molecule has 0 spiro atoms. The van der Waals surface area contributed by atoms with E-state index in [-0.39, 0.29) is 0 Å². The quantitative estimate of drug-likeness (QED) is 0.661. The second kappa shape index (κ2) is 7.39. The molecule has 0 saturated heterocycles. The van der Waals surface area contributed by atoms with Gasteiger partial charge >= 0.3 is 0 Å². The highest BCUT2D eigenvalue weighted by Gasteiger charge is 2.22. The Hall–Kier alpha value is -1.42. The van der Waals surface area contributed by atoms with Crippen LogP contribution in [0.3, 0.4) is 0 Å². The number of hydrogen-bond donors (Lipinski definition) is 2. The van der Waals surface area contributed by atoms with Gasteiger partial charge in [0.05, 0.1) is 0 Å². The lowest BCUT2D eigenvalue weighted by atomic mass is 9.81. The Bertz CT molecular complexity index is 458. The summed E-state index contributed by atoms with van der Waals surface area (Å²) in [5, 5.41) is 8.29. The van der Waals surface area contributed by atoms with Gasteiger partial charge in [0.15, 0.2) is 5.11 Å². The van der Waals surface area contributed by atoms with Crippen LogP contribution in [-0.2, 0) is 6.54 Å². The molecule has 4 heteroatoms. The summed E-state index contributed by atoms with van der Waals surface area (Å²) in [6.07, 6.45) is 3.77. The lowest BCUT2D eigenvalue weighted by Gasteiger charge is -2.26. The van der Waals surface area contributed by atoms with Crippen molar-refractivity contribution < 1.29 is 0 Å². The Balaban J connectivity index is 1.82. The van der Waals surface area contributed by atoms with Gasteiger partial charge in [-0.05, 0) is 42.5 Å². The average molecular weight is 289 g/mol. The molecule has 0 radical (unpaired) electrons. The summed E-state index contributed by atoms with van der Waals surface area (Å²) >= 11 is 5.27. The fourth-order valence-electron chi connectivity index (χ4n) is 2.67. The van der Waals surface area contributed by atoms with E-state index in [4.69, 9.17) is 12.2 Å². The maximum Gasteiger partial charge on any atom is 0.187 e. The number of nitrogens with one attached hydrogen (secondary N) is 2. The second-order valence-electron chi connectivity index (χ2n) is 5.55. The van der Waals surface area contributed by atoms with E-state index in [1.807, 2.05) is 18.2 Å². The summed E-state index contributed by atoms with van der Waals surface area (Å²) < 4.78 is 0. The molecule has 1 aliphatic carbocycles. The van der Waals surface area contributed by atoms with Gasteiger partial charge in [-0.3, -0.25) is 5.43 Å². The fraction of sp³-hybridized carbons (Fsp3) is 0.500. The molecule has 1 fully saturated rings. The van der Waals surface area contributed by atoms with Crippen LogP contribution >= 0.6 is 12.2 Å². The lowest BCUT2D eigenvalue weighted by molar-refractivity contribution is 0.484. The average Bonchev–Trinajstić information content (AvgIpc) is 2.46. The number of thiocarbonyl (C=S) groups is 1. The molecule has 20 heavy (non-hydrogen) atoms. The van der Waals surface area contributed by atoms with Gasteiger partial charge in [0.2, 0.25) is 0 Å². The third kappa shape index (κ3) is 4.30. The van der Waals surface area contributed by atoms with Crippen molar-refractivity contribution in [1.82, 2.24) is 10.7 Å². The molecule has 3 nitrogen and oxygen atoms in total. The fourth-order valence-corrected chi connectivity index (χ4v) is 2.78.